The number of rotatable bonds is 4. The molecule has 0 bridgehead atoms. The minimum atomic E-state index is 1.21. The lowest BCUT2D eigenvalue weighted by molar-refractivity contribution is 1.60. The second-order valence-corrected chi connectivity index (χ2v) is 17.1. The average molecular weight is 781 g/mol. The lowest BCUT2D eigenvalue weighted by atomic mass is 9.81. The average Bonchev–Trinajstić information content (AvgIpc) is 3.83. The Morgan fingerprint density at radius 2 is 0.468 bits per heavy atom. The van der Waals surface area contributed by atoms with E-state index in [0.29, 0.717) is 0 Å². The molecule has 0 radical (unpaired) electrons. The molecular formula is C62H36. The third-order valence-corrected chi connectivity index (χ3v) is 13.9. The summed E-state index contributed by atoms with van der Waals surface area (Å²) in [7, 11) is 0. The lowest BCUT2D eigenvalue weighted by Gasteiger charge is -2.22. The van der Waals surface area contributed by atoms with Crippen molar-refractivity contribution in [2.45, 2.75) is 0 Å². The van der Waals surface area contributed by atoms with Crippen molar-refractivity contribution in [2.24, 2.45) is 0 Å². The first-order valence-corrected chi connectivity index (χ1v) is 21.7. The smallest absolute Gasteiger partial charge is 0.00137 e. The third-order valence-electron chi connectivity index (χ3n) is 13.9. The molecule has 0 heteroatoms. The van der Waals surface area contributed by atoms with Crippen molar-refractivity contribution in [3.05, 3.63) is 218 Å². The van der Waals surface area contributed by atoms with Gasteiger partial charge in [0.15, 0.2) is 0 Å². The predicted octanol–water partition coefficient (Wildman–Crippen LogP) is 17.4. The normalized spacial score (nSPS) is 12.2. The van der Waals surface area contributed by atoms with Crippen LogP contribution in [0.4, 0.5) is 0 Å². The van der Waals surface area contributed by atoms with E-state index in [9.17, 15) is 0 Å². The highest BCUT2D eigenvalue weighted by atomic mass is 14.3. The van der Waals surface area contributed by atoms with Crippen LogP contribution in [0.2, 0.25) is 0 Å². The summed E-state index contributed by atoms with van der Waals surface area (Å²) in [5.74, 6) is 0. The van der Waals surface area contributed by atoms with Crippen LogP contribution >= 0.6 is 0 Å². The molecule has 12 aromatic carbocycles. The van der Waals surface area contributed by atoms with Gasteiger partial charge in [-0.25, -0.2) is 0 Å². The summed E-state index contributed by atoms with van der Waals surface area (Å²) in [4.78, 5) is 0. The Kier molecular flexibility index (Phi) is 6.92. The van der Waals surface area contributed by atoms with E-state index in [1.54, 1.807) is 0 Å². The van der Waals surface area contributed by atoms with Crippen molar-refractivity contribution < 1.29 is 0 Å². The molecule has 0 aromatic heterocycles. The fraction of sp³-hybridized carbons (Fsp3) is 0. The van der Waals surface area contributed by atoms with Gasteiger partial charge in [-0.15, -0.1) is 0 Å². The van der Waals surface area contributed by atoms with E-state index >= 15 is 0 Å². The van der Waals surface area contributed by atoms with Crippen LogP contribution in [0.1, 0.15) is 0 Å². The molecular weight excluding hydrogens is 745 g/mol. The monoisotopic (exact) mass is 780 g/mol. The fourth-order valence-electron chi connectivity index (χ4n) is 11.3. The largest absolute Gasteiger partial charge is 0.0622 e. The third kappa shape index (κ3) is 4.67. The highest BCUT2D eigenvalue weighted by Gasteiger charge is 2.28. The van der Waals surface area contributed by atoms with Crippen LogP contribution in [0.15, 0.2) is 218 Å². The number of hydrogen-bond donors (Lipinski definition) is 0. The van der Waals surface area contributed by atoms with Crippen molar-refractivity contribution in [3.63, 3.8) is 0 Å². The van der Waals surface area contributed by atoms with Gasteiger partial charge in [0.1, 0.15) is 0 Å². The summed E-state index contributed by atoms with van der Waals surface area (Å²) in [5, 5.41) is 12.9. The van der Waals surface area contributed by atoms with Crippen LogP contribution in [-0.2, 0) is 0 Å². The Hall–Kier alpha value is -8.06. The van der Waals surface area contributed by atoms with Crippen molar-refractivity contribution in [1.29, 1.82) is 0 Å². The predicted molar refractivity (Wildman–Crippen MR) is 265 cm³/mol. The van der Waals surface area contributed by atoms with E-state index in [4.69, 9.17) is 0 Å². The van der Waals surface area contributed by atoms with Gasteiger partial charge in [0.05, 0.1) is 0 Å². The summed E-state index contributed by atoms with van der Waals surface area (Å²) in [6.07, 6.45) is 0. The minimum absolute atomic E-state index is 1.21. The quantitative estimate of drug-likeness (QED) is 0.156. The first-order chi connectivity index (χ1) is 30.8. The van der Waals surface area contributed by atoms with Crippen LogP contribution in [-0.4, -0.2) is 0 Å². The Balaban J connectivity index is 1.21. The Labute approximate surface area is 359 Å². The molecule has 0 heterocycles. The summed E-state index contributed by atoms with van der Waals surface area (Å²) < 4.78 is 0. The summed E-state index contributed by atoms with van der Waals surface area (Å²) in [6.45, 7) is 0. The van der Waals surface area contributed by atoms with Gasteiger partial charge < -0.3 is 0 Å². The Morgan fingerprint density at radius 1 is 0.161 bits per heavy atom. The molecule has 0 nitrogen and oxygen atoms in total. The maximum absolute atomic E-state index is 2.53. The van der Waals surface area contributed by atoms with E-state index < -0.39 is 0 Å². The first kappa shape index (κ1) is 33.7. The van der Waals surface area contributed by atoms with Crippen molar-refractivity contribution in [2.75, 3.05) is 0 Å². The molecule has 0 amide bonds. The fourth-order valence-corrected chi connectivity index (χ4v) is 11.3. The number of benzene rings is 12. The SMILES string of the molecule is c1ccc(-c2ccccc2-c2cc3cc4c(cc3c3c(-c5ccccc5-c5ccccc5)cc5cc6c(cc5c23)-c2cccc3cccc-6c23)-c2cccc3cccc-4c23)cc1. The van der Waals surface area contributed by atoms with Gasteiger partial charge in [0.25, 0.3) is 0 Å². The van der Waals surface area contributed by atoms with Crippen molar-refractivity contribution >= 4 is 53.9 Å². The molecule has 0 unspecified atom stereocenters. The Morgan fingerprint density at radius 3 is 0.855 bits per heavy atom. The number of fused-ring (bicyclic) bond motifs is 11. The van der Waals surface area contributed by atoms with Gasteiger partial charge in [0.2, 0.25) is 0 Å². The standard InChI is InChI=1S/C62H36/c1-3-15-37(16-4-1)43-23-7-9-25-45(43)57-33-41-31-53-47-27-11-19-39-22-14-30-50(59(39)47)56(53)36-52(41)62-58(46-26-10-8-24-44(46)38-17-5-2-6-18-38)34-42-32-54-48-28-12-20-40-21-13-29-49(60(40)48)55(54)35-51(42)61(57)62/h1-36H. The van der Waals surface area contributed by atoms with Crippen molar-refractivity contribution in [1.82, 2.24) is 0 Å². The second kappa shape index (κ2) is 12.7. The zero-order chi connectivity index (χ0) is 40.5. The maximum atomic E-state index is 2.53. The van der Waals surface area contributed by atoms with Crippen LogP contribution < -0.4 is 0 Å². The highest BCUT2D eigenvalue weighted by Crippen LogP contribution is 2.55. The van der Waals surface area contributed by atoms with Gasteiger partial charge in [-0.2, -0.15) is 0 Å². The number of hydrogen-bond acceptors (Lipinski definition) is 0. The first-order valence-electron chi connectivity index (χ1n) is 21.7. The molecule has 0 fully saturated rings. The zero-order valence-electron chi connectivity index (χ0n) is 33.8. The molecule has 0 aliphatic heterocycles. The highest BCUT2D eigenvalue weighted by molar-refractivity contribution is 6.32. The molecule has 2 aliphatic carbocycles. The minimum Gasteiger partial charge on any atom is -0.0622 e. The molecule has 284 valence electrons. The summed E-state index contributed by atoms with van der Waals surface area (Å²) >= 11 is 0. The molecule has 62 heavy (non-hydrogen) atoms. The molecule has 14 rings (SSSR count). The Bertz CT molecular complexity index is 3620. The van der Waals surface area contributed by atoms with Crippen molar-refractivity contribution in [3.8, 4) is 89.0 Å². The molecule has 0 spiro atoms. The molecule has 12 aromatic rings. The molecule has 0 saturated carbocycles. The molecule has 0 N–H and O–H groups in total. The van der Waals surface area contributed by atoms with Gasteiger partial charge in [0, 0.05) is 0 Å². The van der Waals surface area contributed by atoms with E-state index in [1.807, 2.05) is 0 Å². The van der Waals surface area contributed by atoms with Crippen LogP contribution in [0.3, 0.4) is 0 Å². The maximum Gasteiger partial charge on any atom is -0.00137 e. The summed E-state index contributed by atoms with van der Waals surface area (Å²) in [5.41, 5.74) is 20.3. The zero-order valence-corrected chi connectivity index (χ0v) is 33.8. The second-order valence-electron chi connectivity index (χ2n) is 17.1. The molecule has 0 saturated heterocycles. The van der Waals surface area contributed by atoms with Crippen LogP contribution in [0.5, 0.6) is 0 Å². The van der Waals surface area contributed by atoms with E-state index in [1.165, 1.54) is 143 Å². The lowest BCUT2D eigenvalue weighted by Crippen LogP contribution is -1.95. The van der Waals surface area contributed by atoms with Gasteiger partial charge in [-0.3, -0.25) is 0 Å². The topological polar surface area (TPSA) is 0 Å². The van der Waals surface area contributed by atoms with Gasteiger partial charge in [-0.1, -0.05) is 182 Å². The van der Waals surface area contributed by atoms with E-state index in [-0.39, 0.29) is 0 Å². The summed E-state index contributed by atoms with van der Waals surface area (Å²) in [6, 6.07) is 82.1. The van der Waals surface area contributed by atoms with Crippen LogP contribution in [0, 0.1) is 0 Å². The molecule has 2 aliphatic rings. The van der Waals surface area contributed by atoms with Gasteiger partial charge in [-0.05, 0) is 179 Å². The van der Waals surface area contributed by atoms with E-state index in [0.717, 1.165) is 0 Å². The molecule has 0 atom stereocenters. The van der Waals surface area contributed by atoms with Crippen LogP contribution in [0.25, 0.3) is 143 Å². The van der Waals surface area contributed by atoms with Gasteiger partial charge >= 0.3 is 0 Å². The van der Waals surface area contributed by atoms with E-state index in [2.05, 4.69) is 218 Å².